The van der Waals surface area contributed by atoms with Crippen molar-refractivity contribution in [2.45, 2.75) is 6.92 Å². The standard InChI is InChI=1S/C22H15FN4OS/c1-13-20(21(28)25-17-6-2-4-15-5-3-11-24-19(15)17)29-22-26-18(12-27(13)22)14-7-9-16(23)10-8-14/h2-12H,1H3,(H,25,28). The van der Waals surface area contributed by atoms with Gasteiger partial charge >= 0.3 is 0 Å². The molecule has 5 nitrogen and oxygen atoms in total. The van der Waals surface area contributed by atoms with Gasteiger partial charge in [0.05, 0.1) is 16.9 Å². The number of fused-ring (bicyclic) bond motifs is 2. The SMILES string of the molecule is Cc1c(C(=O)Nc2cccc3cccnc23)sc2nc(-c3ccc(F)cc3)cn12. The zero-order chi connectivity index (χ0) is 20.0. The number of hydrogen-bond acceptors (Lipinski definition) is 4. The summed E-state index contributed by atoms with van der Waals surface area (Å²) in [6, 6.07) is 15.7. The lowest BCUT2D eigenvalue weighted by Gasteiger charge is -2.07. The smallest absolute Gasteiger partial charge is 0.267 e. The Morgan fingerprint density at radius 1 is 1.10 bits per heavy atom. The highest BCUT2D eigenvalue weighted by molar-refractivity contribution is 7.19. The molecule has 0 radical (unpaired) electrons. The molecule has 29 heavy (non-hydrogen) atoms. The Labute approximate surface area is 169 Å². The van der Waals surface area contributed by atoms with E-state index in [2.05, 4.69) is 15.3 Å². The van der Waals surface area contributed by atoms with E-state index in [1.165, 1.54) is 23.5 Å². The van der Waals surface area contributed by atoms with E-state index in [-0.39, 0.29) is 11.7 Å². The number of carbonyl (C=O) groups excluding carboxylic acids is 1. The zero-order valence-corrected chi connectivity index (χ0v) is 16.2. The molecule has 142 valence electrons. The van der Waals surface area contributed by atoms with Crippen molar-refractivity contribution < 1.29 is 9.18 Å². The van der Waals surface area contributed by atoms with Gasteiger partial charge in [-0.15, -0.1) is 0 Å². The van der Waals surface area contributed by atoms with Gasteiger partial charge in [-0.05, 0) is 43.3 Å². The van der Waals surface area contributed by atoms with Gasteiger partial charge in [0, 0.05) is 29.0 Å². The van der Waals surface area contributed by atoms with Crippen LogP contribution in [-0.4, -0.2) is 20.3 Å². The van der Waals surface area contributed by atoms with Crippen molar-refractivity contribution in [3.05, 3.63) is 83.4 Å². The number of benzene rings is 2. The summed E-state index contributed by atoms with van der Waals surface area (Å²) in [5.74, 6) is -0.479. The first kappa shape index (κ1) is 17.5. The van der Waals surface area contributed by atoms with Gasteiger partial charge in [0.25, 0.3) is 5.91 Å². The van der Waals surface area contributed by atoms with E-state index < -0.39 is 0 Å². The monoisotopic (exact) mass is 402 g/mol. The summed E-state index contributed by atoms with van der Waals surface area (Å²) >= 11 is 1.32. The lowest BCUT2D eigenvalue weighted by atomic mass is 10.2. The van der Waals surface area contributed by atoms with Crippen LogP contribution in [0.2, 0.25) is 0 Å². The molecule has 2 aromatic carbocycles. The van der Waals surface area contributed by atoms with Crippen LogP contribution in [0.1, 0.15) is 15.4 Å². The molecule has 7 heteroatoms. The van der Waals surface area contributed by atoms with Crippen molar-refractivity contribution in [2.24, 2.45) is 0 Å². The van der Waals surface area contributed by atoms with Crippen molar-refractivity contribution in [1.82, 2.24) is 14.4 Å². The Morgan fingerprint density at radius 3 is 2.69 bits per heavy atom. The lowest BCUT2D eigenvalue weighted by Crippen LogP contribution is -2.12. The molecule has 1 amide bonds. The van der Waals surface area contributed by atoms with E-state index in [0.29, 0.717) is 15.5 Å². The van der Waals surface area contributed by atoms with E-state index in [1.807, 2.05) is 47.9 Å². The molecule has 0 saturated carbocycles. The van der Waals surface area contributed by atoms with E-state index in [9.17, 15) is 9.18 Å². The fraction of sp³-hybridized carbons (Fsp3) is 0.0455. The summed E-state index contributed by atoms with van der Waals surface area (Å²) in [7, 11) is 0. The number of hydrogen-bond donors (Lipinski definition) is 1. The molecule has 0 spiro atoms. The average Bonchev–Trinajstić information content (AvgIpc) is 3.28. The molecular formula is C22H15FN4OS. The number of halogens is 1. The number of pyridine rings is 1. The normalized spacial score (nSPS) is 11.2. The molecule has 3 aromatic heterocycles. The summed E-state index contributed by atoms with van der Waals surface area (Å²) in [4.78, 5) is 23.2. The number of amides is 1. The Kier molecular flexibility index (Phi) is 4.10. The molecule has 1 N–H and O–H groups in total. The third kappa shape index (κ3) is 3.05. The number of aryl methyl sites for hydroxylation is 1. The van der Waals surface area contributed by atoms with Crippen LogP contribution in [0.3, 0.4) is 0 Å². The topological polar surface area (TPSA) is 59.3 Å². The third-order valence-electron chi connectivity index (χ3n) is 4.78. The number of carbonyl (C=O) groups is 1. The van der Waals surface area contributed by atoms with Crippen molar-refractivity contribution in [1.29, 1.82) is 0 Å². The number of para-hydroxylation sites is 1. The number of rotatable bonds is 3. The van der Waals surface area contributed by atoms with Crippen LogP contribution < -0.4 is 5.32 Å². The number of imidazole rings is 1. The predicted octanol–water partition coefficient (Wildman–Crippen LogP) is 5.31. The quantitative estimate of drug-likeness (QED) is 0.445. The van der Waals surface area contributed by atoms with Crippen LogP contribution >= 0.6 is 11.3 Å². The van der Waals surface area contributed by atoms with Crippen molar-refractivity contribution in [3.63, 3.8) is 0 Å². The van der Waals surface area contributed by atoms with Crippen LogP contribution in [0.4, 0.5) is 10.1 Å². The maximum Gasteiger partial charge on any atom is 0.267 e. The fourth-order valence-electron chi connectivity index (χ4n) is 3.30. The molecule has 5 aromatic rings. The minimum Gasteiger partial charge on any atom is -0.319 e. The molecular weight excluding hydrogens is 387 g/mol. The minimum absolute atomic E-state index is 0.195. The Hall–Kier alpha value is -3.58. The van der Waals surface area contributed by atoms with Crippen LogP contribution in [0.15, 0.2) is 67.0 Å². The maximum atomic E-state index is 13.2. The molecule has 0 aliphatic rings. The van der Waals surface area contributed by atoms with Crippen LogP contribution in [-0.2, 0) is 0 Å². The molecule has 0 aliphatic carbocycles. The highest BCUT2D eigenvalue weighted by Gasteiger charge is 2.19. The van der Waals surface area contributed by atoms with E-state index >= 15 is 0 Å². The molecule has 0 aliphatic heterocycles. The summed E-state index contributed by atoms with van der Waals surface area (Å²) in [5.41, 5.74) is 3.79. The highest BCUT2D eigenvalue weighted by atomic mass is 32.1. The first-order chi connectivity index (χ1) is 14.1. The molecule has 0 fully saturated rings. The Balaban J connectivity index is 1.48. The van der Waals surface area contributed by atoms with Gasteiger partial charge in [0.15, 0.2) is 4.96 Å². The molecule has 0 saturated heterocycles. The van der Waals surface area contributed by atoms with Crippen LogP contribution in [0.25, 0.3) is 27.1 Å². The number of anilines is 1. The minimum atomic E-state index is -0.284. The van der Waals surface area contributed by atoms with E-state index in [1.54, 1.807) is 18.3 Å². The van der Waals surface area contributed by atoms with Crippen molar-refractivity contribution in [3.8, 4) is 11.3 Å². The second-order valence-corrected chi connectivity index (χ2v) is 7.61. The fourth-order valence-corrected chi connectivity index (χ4v) is 4.31. The molecule has 0 unspecified atom stereocenters. The van der Waals surface area contributed by atoms with Gasteiger partial charge in [-0.1, -0.05) is 29.5 Å². The summed E-state index contributed by atoms with van der Waals surface area (Å²) in [6.45, 7) is 1.88. The number of nitrogens with zero attached hydrogens (tertiary/aromatic N) is 3. The second kappa shape index (κ2) is 6.79. The Morgan fingerprint density at radius 2 is 1.90 bits per heavy atom. The third-order valence-corrected chi connectivity index (χ3v) is 5.94. The first-order valence-corrected chi connectivity index (χ1v) is 9.81. The van der Waals surface area contributed by atoms with E-state index in [4.69, 9.17) is 0 Å². The lowest BCUT2D eigenvalue weighted by molar-refractivity contribution is 0.103. The van der Waals surface area contributed by atoms with Crippen LogP contribution in [0, 0.1) is 12.7 Å². The van der Waals surface area contributed by atoms with Gasteiger partial charge in [-0.3, -0.25) is 14.2 Å². The highest BCUT2D eigenvalue weighted by Crippen LogP contribution is 2.29. The summed E-state index contributed by atoms with van der Waals surface area (Å²) in [5, 5.41) is 3.94. The largest absolute Gasteiger partial charge is 0.319 e. The Bertz CT molecular complexity index is 1370. The maximum absolute atomic E-state index is 13.2. The molecule has 0 bridgehead atoms. The molecule has 3 heterocycles. The first-order valence-electron chi connectivity index (χ1n) is 9.00. The zero-order valence-electron chi connectivity index (χ0n) is 15.4. The van der Waals surface area contributed by atoms with Gasteiger partial charge in [-0.2, -0.15) is 0 Å². The molecule has 5 rings (SSSR count). The van der Waals surface area contributed by atoms with Gasteiger partial charge in [0.2, 0.25) is 0 Å². The summed E-state index contributed by atoms with van der Waals surface area (Å²) < 4.78 is 15.0. The molecule has 0 atom stereocenters. The predicted molar refractivity (Wildman–Crippen MR) is 113 cm³/mol. The van der Waals surface area contributed by atoms with E-state index in [0.717, 1.165) is 27.9 Å². The number of nitrogens with one attached hydrogen (secondary N) is 1. The van der Waals surface area contributed by atoms with Gasteiger partial charge < -0.3 is 5.32 Å². The average molecular weight is 402 g/mol. The van der Waals surface area contributed by atoms with Gasteiger partial charge in [-0.25, -0.2) is 9.37 Å². The van der Waals surface area contributed by atoms with Crippen molar-refractivity contribution in [2.75, 3.05) is 5.32 Å². The number of aromatic nitrogens is 3. The number of thiazole rings is 1. The van der Waals surface area contributed by atoms with Gasteiger partial charge in [0.1, 0.15) is 10.7 Å². The van der Waals surface area contributed by atoms with Crippen LogP contribution in [0.5, 0.6) is 0 Å². The van der Waals surface area contributed by atoms with Crippen molar-refractivity contribution >= 4 is 38.8 Å². The summed E-state index contributed by atoms with van der Waals surface area (Å²) in [6.07, 6.45) is 3.57. The second-order valence-electron chi connectivity index (χ2n) is 6.64.